The van der Waals surface area contributed by atoms with Crippen LogP contribution in [0.1, 0.15) is 58.4 Å². The number of aromatic amines is 1. The van der Waals surface area contributed by atoms with Crippen molar-refractivity contribution in [1.82, 2.24) is 10.2 Å². The van der Waals surface area contributed by atoms with Gasteiger partial charge in [-0.2, -0.15) is 0 Å². The summed E-state index contributed by atoms with van der Waals surface area (Å²) < 4.78 is 29.3. The SMILES string of the molecule is COc1ccc([C@H](Cc2c(Cl)c[nH+]cc2Cl)OC(=O)Cc2cccc(COc3cccc([C@@H](NC(=O)O[C@H]4CN5CCC4CC5)c4ccccc4)c3)c2)cc1OC. The Hall–Kier alpha value is -5.29. The number of benzene rings is 4. The Balaban J connectivity index is 1.01. The number of nitrogens with zero attached hydrogens (tertiary/aromatic N) is 1. The van der Waals surface area contributed by atoms with Crippen molar-refractivity contribution in [2.75, 3.05) is 33.9 Å². The van der Waals surface area contributed by atoms with Crippen LogP contribution >= 0.6 is 23.2 Å². The molecule has 0 radical (unpaired) electrons. The summed E-state index contributed by atoms with van der Waals surface area (Å²) in [5, 5.41) is 3.99. The summed E-state index contributed by atoms with van der Waals surface area (Å²) in [4.78, 5) is 32.1. The number of nitrogens with one attached hydrogen (secondary N) is 2. The number of esters is 1. The summed E-state index contributed by atoms with van der Waals surface area (Å²) in [6.07, 6.45) is 4.42. The largest absolute Gasteiger partial charge is 0.493 e. The maximum absolute atomic E-state index is 13.5. The minimum Gasteiger partial charge on any atom is -0.493 e. The van der Waals surface area contributed by atoms with Gasteiger partial charge in [-0.3, -0.25) is 9.69 Å². The van der Waals surface area contributed by atoms with Gasteiger partial charge in [0.05, 0.1) is 26.7 Å². The highest BCUT2D eigenvalue weighted by atomic mass is 35.5. The third-order valence-corrected chi connectivity index (χ3v) is 11.3. The Morgan fingerprint density at radius 3 is 2.25 bits per heavy atom. The summed E-state index contributed by atoms with van der Waals surface area (Å²) in [7, 11) is 3.11. The summed E-state index contributed by atoms with van der Waals surface area (Å²) in [5.74, 6) is 1.67. The van der Waals surface area contributed by atoms with Gasteiger partial charge in [-0.25, -0.2) is 9.78 Å². The average Bonchev–Trinajstić information content (AvgIpc) is 3.23. The lowest BCUT2D eigenvalue weighted by Crippen LogP contribution is -2.52. The summed E-state index contributed by atoms with van der Waals surface area (Å²) in [5.41, 5.74) is 4.77. The van der Waals surface area contributed by atoms with Crippen LogP contribution in [0.4, 0.5) is 4.79 Å². The molecule has 1 amide bonds. The van der Waals surface area contributed by atoms with Crippen molar-refractivity contribution < 1.29 is 38.3 Å². The predicted molar refractivity (Wildman–Crippen MR) is 217 cm³/mol. The van der Waals surface area contributed by atoms with Crippen LogP contribution < -0.4 is 24.5 Å². The van der Waals surface area contributed by atoms with E-state index in [2.05, 4.69) is 15.2 Å². The number of carbonyl (C=O) groups is 2. The van der Waals surface area contributed by atoms with E-state index in [1.165, 1.54) is 0 Å². The highest BCUT2D eigenvalue weighted by Gasteiger charge is 2.37. The van der Waals surface area contributed by atoms with Crippen LogP contribution in [-0.4, -0.2) is 56.9 Å². The van der Waals surface area contributed by atoms with Gasteiger partial charge in [-0.15, -0.1) is 0 Å². The van der Waals surface area contributed by atoms with E-state index in [0.29, 0.717) is 44.3 Å². The Morgan fingerprint density at radius 2 is 1.53 bits per heavy atom. The molecule has 8 rings (SSSR count). The number of hydrogen-bond donors (Lipinski definition) is 1. The van der Waals surface area contributed by atoms with Gasteiger partial charge in [0.1, 0.15) is 34.6 Å². The second-order valence-electron chi connectivity index (χ2n) is 14.4. The Labute approximate surface area is 343 Å². The number of pyridine rings is 1. The fraction of sp³-hybridized carbons (Fsp3) is 0.311. The van der Waals surface area contributed by atoms with E-state index in [9.17, 15) is 9.59 Å². The lowest BCUT2D eigenvalue weighted by atomic mass is 9.86. The lowest BCUT2D eigenvalue weighted by Gasteiger charge is -2.43. The molecule has 3 aliphatic heterocycles. The number of halogens is 2. The van der Waals surface area contributed by atoms with Gasteiger partial charge in [0.15, 0.2) is 23.9 Å². The minimum absolute atomic E-state index is 0.0251. The Morgan fingerprint density at radius 1 is 0.807 bits per heavy atom. The van der Waals surface area contributed by atoms with E-state index < -0.39 is 24.2 Å². The highest BCUT2D eigenvalue weighted by molar-refractivity contribution is 6.35. The van der Waals surface area contributed by atoms with Gasteiger partial charge in [-0.05, 0) is 83.9 Å². The average molecular weight is 812 g/mol. The molecule has 3 atom stereocenters. The molecule has 12 heteroatoms. The number of alkyl carbamates (subject to hydrolysis) is 1. The third kappa shape index (κ3) is 10.2. The number of carbonyl (C=O) groups excluding carboxylic acids is 2. The second-order valence-corrected chi connectivity index (χ2v) is 15.2. The number of amides is 1. The molecule has 0 spiro atoms. The first-order valence-corrected chi connectivity index (χ1v) is 19.8. The number of piperidine rings is 3. The quantitative estimate of drug-likeness (QED) is 0.105. The molecule has 2 N–H and O–H groups in total. The number of H-pyrrole nitrogens is 1. The molecule has 4 aromatic carbocycles. The molecular weight excluding hydrogens is 765 g/mol. The number of ether oxygens (including phenoxy) is 5. The fourth-order valence-electron chi connectivity index (χ4n) is 7.62. The van der Waals surface area contributed by atoms with Crippen molar-refractivity contribution in [3.63, 3.8) is 0 Å². The summed E-state index contributed by atoms with van der Waals surface area (Å²) in [6.45, 7) is 3.20. The molecule has 3 aliphatic rings. The first-order valence-electron chi connectivity index (χ1n) is 19.1. The third-order valence-electron chi connectivity index (χ3n) is 10.6. The number of rotatable bonds is 15. The molecule has 10 nitrogen and oxygen atoms in total. The van der Waals surface area contributed by atoms with Gasteiger partial charge >= 0.3 is 12.1 Å². The lowest BCUT2D eigenvalue weighted by molar-refractivity contribution is -0.377. The molecule has 1 aromatic heterocycles. The van der Waals surface area contributed by atoms with E-state index in [-0.39, 0.29) is 25.6 Å². The standard InChI is InChI=1S/C45H45Cl2N3O7/c1-53-39-15-14-33(23-41(39)54-2)40(24-36-37(46)25-48-26-38(36)47)56-43(51)21-29-8-6-9-30(20-29)28-55-35-13-7-12-34(22-35)44(32-10-4-3-5-11-32)49-45(52)57-42-27-50-18-16-31(42)17-19-50/h3-15,20,22-23,25-26,31,40,42,44H,16-19,21,24,27-28H2,1-2H3,(H,49,52)/p+1/t40-,42-,44-/m0/s1. The molecule has 0 unspecified atom stereocenters. The van der Waals surface area contributed by atoms with Crippen LogP contribution in [0.3, 0.4) is 0 Å². The number of aromatic nitrogens is 1. The van der Waals surface area contributed by atoms with Gasteiger partial charge < -0.3 is 29.0 Å². The van der Waals surface area contributed by atoms with Crippen LogP contribution in [0.15, 0.2) is 109 Å². The topological polar surface area (TPSA) is 110 Å². The first-order chi connectivity index (χ1) is 27.8. The van der Waals surface area contributed by atoms with Crippen LogP contribution in [0, 0.1) is 5.92 Å². The molecular formula is C45H46Cl2N3O7+. The Kier molecular flexibility index (Phi) is 13.1. The van der Waals surface area contributed by atoms with Crippen LogP contribution in [-0.2, 0) is 33.7 Å². The molecule has 3 fully saturated rings. The summed E-state index contributed by atoms with van der Waals surface area (Å²) >= 11 is 13.0. The molecule has 57 heavy (non-hydrogen) atoms. The van der Waals surface area contributed by atoms with Crippen molar-refractivity contribution in [1.29, 1.82) is 0 Å². The van der Waals surface area contributed by atoms with E-state index in [1.807, 2.05) is 84.9 Å². The number of methoxy groups -OCH3 is 2. The van der Waals surface area contributed by atoms with Crippen molar-refractivity contribution in [3.8, 4) is 17.2 Å². The normalized spacial score (nSPS) is 18.2. The smallest absolute Gasteiger partial charge is 0.408 e. The monoisotopic (exact) mass is 810 g/mol. The first kappa shape index (κ1) is 39.9. The number of hydrogen-bond acceptors (Lipinski definition) is 8. The van der Waals surface area contributed by atoms with E-state index >= 15 is 0 Å². The molecule has 0 aliphatic carbocycles. The zero-order valence-corrected chi connectivity index (χ0v) is 33.4. The van der Waals surface area contributed by atoms with Crippen molar-refractivity contribution in [2.45, 2.75) is 50.5 Å². The number of fused-ring (bicyclic) bond motifs is 3. The molecule has 296 valence electrons. The minimum atomic E-state index is -0.718. The van der Waals surface area contributed by atoms with E-state index in [1.54, 1.807) is 38.7 Å². The molecule has 3 saturated heterocycles. The van der Waals surface area contributed by atoms with Crippen LogP contribution in [0.5, 0.6) is 17.2 Å². The van der Waals surface area contributed by atoms with Crippen LogP contribution in [0.2, 0.25) is 10.0 Å². The fourth-order valence-corrected chi connectivity index (χ4v) is 8.15. The van der Waals surface area contributed by atoms with Gasteiger partial charge in [0, 0.05) is 18.5 Å². The predicted octanol–water partition coefficient (Wildman–Crippen LogP) is 8.38. The maximum atomic E-state index is 13.5. The van der Waals surface area contributed by atoms with Crippen molar-refractivity contribution in [2.24, 2.45) is 5.92 Å². The van der Waals surface area contributed by atoms with E-state index in [4.69, 9.17) is 46.9 Å². The zero-order valence-electron chi connectivity index (χ0n) is 31.9. The second kappa shape index (κ2) is 18.8. The Bertz CT molecular complexity index is 2140. The summed E-state index contributed by atoms with van der Waals surface area (Å²) in [6, 6.07) is 30.1. The van der Waals surface area contributed by atoms with Crippen LogP contribution in [0.25, 0.3) is 0 Å². The van der Waals surface area contributed by atoms with Gasteiger partial charge in [-0.1, -0.05) is 96.0 Å². The van der Waals surface area contributed by atoms with Crippen molar-refractivity contribution >= 4 is 35.3 Å². The molecule has 0 saturated carbocycles. The van der Waals surface area contributed by atoms with E-state index in [0.717, 1.165) is 54.7 Å². The van der Waals surface area contributed by atoms with Gasteiger partial charge in [0.2, 0.25) is 0 Å². The molecule has 4 heterocycles. The molecule has 5 aromatic rings. The maximum Gasteiger partial charge on any atom is 0.408 e. The zero-order chi connectivity index (χ0) is 39.7. The highest BCUT2D eigenvalue weighted by Crippen LogP contribution is 2.36. The van der Waals surface area contributed by atoms with Crippen molar-refractivity contribution in [3.05, 3.63) is 153 Å². The van der Waals surface area contributed by atoms with Gasteiger partial charge in [0.25, 0.3) is 0 Å². The molecule has 2 bridgehead atoms.